The van der Waals surface area contributed by atoms with Crippen molar-refractivity contribution in [2.24, 2.45) is 0 Å². The van der Waals surface area contributed by atoms with Crippen LogP contribution in [-0.4, -0.2) is 43.0 Å². The second-order valence-electron chi connectivity index (χ2n) is 4.87. The number of pyridine rings is 1. The minimum atomic E-state index is 0.0533. The van der Waals surface area contributed by atoms with Crippen LogP contribution < -0.4 is 10.6 Å². The number of carbonyl (C=O) groups is 1. The Morgan fingerprint density at radius 3 is 2.70 bits per heavy atom. The fourth-order valence-electron chi connectivity index (χ4n) is 2.11. The highest BCUT2D eigenvalue weighted by Gasteiger charge is 2.15. The van der Waals surface area contributed by atoms with Crippen molar-refractivity contribution in [2.45, 2.75) is 6.92 Å². The van der Waals surface area contributed by atoms with Crippen LogP contribution in [0.5, 0.6) is 0 Å². The summed E-state index contributed by atoms with van der Waals surface area (Å²) in [6.07, 6.45) is 1.74. The van der Waals surface area contributed by atoms with Crippen LogP contribution in [0, 0.1) is 0 Å². The molecule has 0 unspecified atom stereocenters. The van der Waals surface area contributed by atoms with E-state index in [0.717, 1.165) is 23.1 Å². The summed E-state index contributed by atoms with van der Waals surface area (Å²) in [5.41, 5.74) is 8.65. The van der Waals surface area contributed by atoms with Crippen LogP contribution >= 0.6 is 0 Å². The minimum absolute atomic E-state index is 0.0533. The first-order valence-corrected chi connectivity index (χ1v) is 6.63. The molecule has 0 atom stereocenters. The summed E-state index contributed by atoms with van der Waals surface area (Å²) in [6.45, 7) is 3.05. The number of hydrogen-bond acceptors (Lipinski definition) is 4. The molecule has 1 heterocycles. The highest BCUT2D eigenvalue weighted by Crippen LogP contribution is 2.30. The number of likely N-dealkylation sites (N-methyl/N-ethyl adjacent to an activating group) is 2. The molecule has 106 valence electrons. The Balaban J connectivity index is 2.39. The normalized spacial score (nSPS) is 10.6. The molecule has 2 aromatic rings. The van der Waals surface area contributed by atoms with Gasteiger partial charge in [-0.1, -0.05) is 0 Å². The van der Waals surface area contributed by atoms with Gasteiger partial charge in [0.25, 0.3) is 0 Å². The summed E-state index contributed by atoms with van der Waals surface area (Å²) in [5.74, 6) is 0.0533. The Morgan fingerprint density at radius 2 is 2.05 bits per heavy atom. The second-order valence-corrected chi connectivity index (χ2v) is 4.87. The molecule has 0 aliphatic heterocycles. The number of anilines is 2. The number of benzene rings is 1. The van der Waals surface area contributed by atoms with Gasteiger partial charge in [0.15, 0.2) is 0 Å². The van der Waals surface area contributed by atoms with E-state index in [1.165, 1.54) is 0 Å². The van der Waals surface area contributed by atoms with E-state index >= 15 is 0 Å². The number of hydrogen-bond donors (Lipinski definition) is 1. The van der Waals surface area contributed by atoms with Gasteiger partial charge in [-0.15, -0.1) is 0 Å². The van der Waals surface area contributed by atoms with Crippen molar-refractivity contribution in [3.05, 3.63) is 30.5 Å². The highest BCUT2D eigenvalue weighted by molar-refractivity contribution is 5.98. The van der Waals surface area contributed by atoms with E-state index in [2.05, 4.69) is 4.98 Å². The molecule has 1 aromatic heterocycles. The van der Waals surface area contributed by atoms with E-state index in [0.29, 0.717) is 12.2 Å². The molecule has 2 N–H and O–H groups in total. The van der Waals surface area contributed by atoms with Crippen molar-refractivity contribution in [1.29, 1.82) is 0 Å². The van der Waals surface area contributed by atoms with Gasteiger partial charge < -0.3 is 15.5 Å². The van der Waals surface area contributed by atoms with Crippen LogP contribution in [0.4, 0.5) is 11.4 Å². The van der Waals surface area contributed by atoms with Gasteiger partial charge in [0.05, 0.1) is 23.4 Å². The fourth-order valence-corrected chi connectivity index (χ4v) is 2.11. The summed E-state index contributed by atoms with van der Waals surface area (Å²) >= 11 is 0. The van der Waals surface area contributed by atoms with Gasteiger partial charge in [-0.3, -0.25) is 9.78 Å². The molecule has 20 heavy (non-hydrogen) atoms. The maximum atomic E-state index is 11.9. The van der Waals surface area contributed by atoms with Crippen LogP contribution in [0.3, 0.4) is 0 Å². The van der Waals surface area contributed by atoms with Crippen molar-refractivity contribution in [3.63, 3.8) is 0 Å². The number of carbonyl (C=O) groups excluding carboxylic acids is 1. The number of aromatic nitrogens is 1. The van der Waals surface area contributed by atoms with Crippen LogP contribution in [-0.2, 0) is 4.79 Å². The molecular formula is C15H20N4O. The van der Waals surface area contributed by atoms with Crippen molar-refractivity contribution >= 4 is 28.2 Å². The van der Waals surface area contributed by atoms with E-state index in [1.807, 2.05) is 36.1 Å². The average molecular weight is 272 g/mol. The Kier molecular flexibility index (Phi) is 4.08. The first kappa shape index (κ1) is 14.1. The van der Waals surface area contributed by atoms with Crippen molar-refractivity contribution in [1.82, 2.24) is 9.88 Å². The average Bonchev–Trinajstić information content (AvgIpc) is 2.45. The number of fused-ring (bicyclic) bond motifs is 1. The minimum Gasteiger partial charge on any atom is -0.396 e. The SMILES string of the molecule is CCN(CC(=O)N(C)C)c1ccc2ncccc2c1N. The largest absolute Gasteiger partial charge is 0.396 e. The summed E-state index contributed by atoms with van der Waals surface area (Å²) in [7, 11) is 3.51. The van der Waals surface area contributed by atoms with Gasteiger partial charge in [-0.25, -0.2) is 0 Å². The standard InChI is InChI=1S/C15H20N4O/c1-4-19(10-14(20)18(2)3)13-8-7-12-11(15(13)16)6-5-9-17-12/h5-9H,4,10,16H2,1-3H3. The van der Waals surface area contributed by atoms with Crippen LogP contribution in [0.25, 0.3) is 10.9 Å². The van der Waals surface area contributed by atoms with Crippen molar-refractivity contribution in [3.8, 4) is 0 Å². The van der Waals surface area contributed by atoms with Crippen LogP contribution in [0.2, 0.25) is 0 Å². The Hall–Kier alpha value is -2.30. The smallest absolute Gasteiger partial charge is 0.241 e. The lowest BCUT2D eigenvalue weighted by molar-refractivity contribution is -0.127. The lowest BCUT2D eigenvalue weighted by atomic mass is 10.1. The first-order valence-electron chi connectivity index (χ1n) is 6.63. The van der Waals surface area contributed by atoms with Gasteiger partial charge in [0, 0.05) is 32.2 Å². The van der Waals surface area contributed by atoms with Gasteiger partial charge in [0.1, 0.15) is 0 Å². The molecular weight excluding hydrogens is 252 g/mol. The zero-order valence-corrected chi connectivity index (χ0v) is 12.1. The molecule has 0 aliphatic rings. The van der Waals surface area contributed by atoms with Gasteiger partial charge in [0.2, 0.25) is 5.91 Å². The Bertz CT molecular complexity index is 624. The third-order valence-electron chi connectivity index (χ3n) is 3.35. The van der Waals surface area contributed by atoms with Crippen molar-refractivity contribution < 1.29 is 4.79 Å². The molecule has 0 radical (unpaired) electrons. The lowest BCUT2D eigenvalue weighted by Crippen LogP contribution is -2.36. The summed E-state index contributed by atoms with van der Waals surface area (Å²) < 4.78 is 0. The zero-order chi connectivity index (χ0) is 14.7. The Morgan fingerprint density at radius 1 is 1.30 bits per heavy atom. The lowest BCUT2D eigenvalue weighted by Gasteiger charge is -2.26. The topological polar surface area (TPSA) is 62.5 Å². The number of amides is 1. The highest BCUT2D eigenvalue weighted by atomic mass is 16.2. The molecule has 0 bridgehead atoms. The van der Waals surface area contributed by atoms with E-state index in [9.17, 15) is 4.79 Å². The maximum absolute atomic E-state index is 11.9. The molecule has 5 heteroatoms. The monoisotopic (exact) mass is 272 g/mol. The third kappa shape index (κ3) is 2.66. The quantitative estimate of drug-likeness (QED) is 0.861. The maximum Gasteiger partial charge on any atom is 0.241 e. The number of nitrogen functional groups attached to an aromatic ring is 1. The predicted octanol–water partition coefficient (Wildman–Crippen LogP) is 1.73. The summed E-state index contributed by atoms with van der Waals surface area (Å²) in [5, 5.41) is 0.917. The fraction of sp³-hybridized carbons (Fsp3) is 0.333. The third-order valence-corrected chi connectivity index (χ3v) is 3.35. The predicted molar refractivity (Wildman–Crippen MR) is 82.7 cm³/mol. The Labute approximate surface area is 119 Å². The second kappa shape index (κ2) is 5.77. The molecule has 0 fully saturated rings. The molecule has 0 aliphatic carbocycles. The molecule has 1 aromatic carbocycles. The molecule has 0 spiro atoms. The van der Waals surface area contributed by atoms with Gasteiger partial charge in [-0.2, -0.15) is 0 Å². The van der Waals surface area contributed by atoms with E-state index in [1.54, 1.807) is 25.2 Å². The molecule has 0 saturated heterocycles. The van der Waals surface area contributed by atoms with Crippen LogP contribution in [0.15, 0.2) is 30.5 Å². The van der Waals surface area contributed by atoms with E-state index < -0.39 is 0 Å². The van der Waals surface area contributed by atoms with Gasteiger partial charge >= 0.3 is 0 Å². The van der Waals surface area contributed by atoms with Gasteiger partial charge in [-0.05, 0) is 31.2 Å². The van der Waals surface area contributed by atoms with E-state index in [-0.39, 0.29) is 5.91 Å². The van der Waals surface area contributed by atoms with Crippen molar-refractivity contribution in [2.75, 3.05) is 37.8 Å². The number of rotatable bonds is 4. The van der Waals surface area contributed by atoms with E-state index in [4.69, 9.17) is 5.73 Å². The zero-order valence-electron chi connectivity index (χ0n) is 12.1. The number of nitrogens with two attached hydrogens (primary N) is 1. The summed E-state index contributed by atoms with van der Waals surface area (Å²) in [6, 6.07) is 7.67. The molecule has 1 amide bonds. The molecule has 2 rings (SSSR count). The number of nitrogens with zero attached hydrogens (tertiary/aromatic N) is 3. The molecule has 5 nitrogen and oxygen atoms in total. The first-order chi connectivity index (χ1) is 9.54. The summed E-state index contributed by atoms with van der Waals surface area (Å²) in [4.78, 5) is 19.7. The molecule has 0 saturated carbocycles. The van der Waals surface area contributed by atoms with Crippen LogP contribution in [0.1, 0.15) is 6.92 Å².